The van der Waals surface area contributed by atoms with Crippen molar-refractivity contribution in [2.75, 3.05) is 18.0 Å². The zero-order chi connectivity index (χ0) is 16.8. The fraction of sp³-hybridized carbons (Fsp3) is 0.368. The minimum Gasteiger partial charge on any atom is -0.356 e. The summed E-state index contributed by atoms with van der Waals surface area (Å²) >= 11 is 0. The molecule has 142 valence electrons. The van der Waals surface area contributed by atoms with Crippen LogP contribution in [-0.4, -0.2) is 36.1 Å². The zero-order valence-electron chi connectivity index (χ0n) is 14.6. The number of piperidine rings is 1. The van der Waals surface area contributed by atoms with Gasteiger partial charge in [0.15, 0.2) is 0 Å². The van der Waals surface area contributed by atoms with E-state index >= 15 is 0 Å². The van der Waals surface area contributed by atoms with E-state index in [1.807, 2.05) is 54.7 Å². The Labute approximate surface area is 167 Å². The molecule has 1 amide bonds. The average molecular weight is 397 g/mol. The molecule has 1 atom stereocenters. The number of nitrogens with two attached hydrogens (primary N) is 1. The van der Waals surface area contributed by atoms with Crippen LogP contribution in [0, 0.1) is 0 Å². The molecule has 1 aliphatic rings. The van der Waals surface area contributed by atoms with Gasteiger partial charge in [-0.1, -0.05) is 36.4 Å². The Balaban J connectivity index is 0.00000169. The number of amides is 1. The van der Waals surface area contributed by atoms with Crippen molar-refractivity contribution in [2.24, 2.45) is 5.73 Å². The number of nitrogens with one attached hydrogen (secondary N) is 1. The summed E-state index contributed by atoms with van der Waals surface area (Å²) in [6, 6.07) is 15.5. The Bertz CT molecular complexity index is 649. The molecule has 1 aromatic carbocycles. The first-order valence-electron chi connectivity index (χ1n) is 8.48. The number of benzene rings is 1. The van der Waals surface area contributed by atoms with E-state index in [0.29, 0.717) is 6.42 Å². The van der Waals surface area contributed by atoms with Gasteiger partial charge in [-0.25, -0.2) is 4.98 Å². The van der Waals surface area contributed by atoms with Gasteiger partial charge >= 0.3 is 0 Å². The summed E-state index contributed by atoms with van der Waals surface area (Å²) in [4.78, 5) is 18.9. The highest BCUT2D eigenvalue weighted by molar-refractivity contribution is 5.85. The number of hydrogen-bond acceptors (Lipinski definition) is 4. The summed E-state index contributed by atoms with van der Waals surface area (Å²) in [5.74, 6) is 0.943. The number of halogens is 2. The summed E-state index contributed by atoms with van der Waals surface area (Å²) in [7, 11) is 0. The molecule has 5 nitrogen and oxygen atoms in total. The highest BCUT2D eigenvalue weighted by atomic mass is 35.5. The van der Waals surface area contributed by atoms with Gasteiger partial charge in [0.25, 0.3) is 0 Å². The summed E-state index contributed by atoms with van der Waals surface area (Å²) in [5, 5.41) is 3.10. The number of anilines is 1. The summed E-state index contributed by atoms with van der Waals surface area (Å²) in [5.41, 5.74) is 7.14. The van der Waals surface area contributed by atoms with Gasteiger partial charge in [-0.15, -0.1) is 24.8 Å². The van der Waals surface area contributed by atoms with E-state index in [9.17, 15) is 4.79 Å². The Morgan fingerprint density at radius 3 is 2.38 bits per heavy atom. The molecule has 0 unspecified atom stereocenters. The predicted octanol–water partition coefficient (Wildman–Crippen LogP) is 2.58. The zero-order valence-corrected chi connectivity index (χ0v) is 16.2. The Morgan fingerprint density at radius 2 is 1.77 bits per heavy atom. The van der Waals surface area contributed by atoms with Crippen LogP contribution in [0.3, 0.4) is 0 Å². The second-order valence-electron chi connectivity index (χ2n) is 6.25. The lowest BCUT2D eigenvalue weighted by atomic mass is 10.0. The van der Waals surface area contributed by atoms with Crippen LogP contribution in [-0.2, 0) is 11.2 Å². The molecule has 7 heteroatoms. The number of pyridine rings is 1. The van der Waals surface area contributed by atoms with Crippen molar-refractivity contribution >= 4 is 36.5 Å². The lowest BCUT2D eigenvalue weighted by Crippen LogP contribution is -2.50. The van der Waals surface area contributed by atoms with Crippen LogP contribution in [0.1, 0.15) is 18.4 Å². The molecule has 0 aliphatic carbocycles. The first-order chi connectivity index (χ1) is 11.7. The summed E-state index contributed by atoms with van der Waals surface area (Å²) in [6.45, 7) is 1.80. The second-order valence-corrected chi connectivity index (χ2v) is 6.25. The SMILES string of the molecule is Cl.Cl.N[C@@H](Cc1ccccc1)C(=O)NC1CCN(c2ccccn2)CC1. The lowest BCUT2D eigenvalue weighted by Gasteiger charge is -2.33. The van der Waals surface area contributed by atoms with Gasteiger partial charge in [0.1, 0.15) is 5.82 Å². The second kappa shape index (κ2) is 11.0. The topological polar surface area (TPSA) is 71.2 Å². The van der Waals surface area contributed by atoms with Gasteiger partial charge in [0, 0.05) is 25.3 Å². The van der Waals surface area contributed by atoms with Crippen LogP contribution < -0.4 is 16.0 Å². The Morgan fingerprint density at radius 1 is 1.12 bits per heavy atom. The summed E-state index contributed by atoms with van der Waals surface area (Å²) < 4.78 is 0. The van der Waals surface area contributed by atoms with Crippen LogP contribution in [0.4, 0.5) is 5.82 Å². The number of rotatable bonds is 5. The minimum atomic E-state index is -0.499. The standard InChI is InChI=1S/C19H24N4O.2ClH/c20-17(14-15-6-2-1-3-7-15)19(24)22-16-9-12-23(13-10-16)18-8-4-5-11-21-18;;/h1-8,11,16-17H,9-10,12-14,20H2,(H,22,24);2*1H/t17-;;/m0../s1. The fourth-order valence-electron chi connectivity index (χ4n) is 3.06. The molecule has 2 aromatic rings. The van der Waals surface area contributed by atoms with E-state index in [4.69, 9.17) is 5.73 Å². The number of carbonyl (C=O) groups excluding carboxylic acids is 1. The maximum Gasteiger partial charge on any atom is 0.237 e. The fourth-order valence-corrected chi connectivity index (χ4v) is 3.06. The third kappa shape index (κ3) is 6.16. The molecular formula is C19H26Cl2N4O. The maximum atomic E-state index is 12.3. The van der Waals surface area contributed by atoms with Crippen molar-refractivity contribution in [1.29, 1.82) is 0 Å². The van der Waals surface area contributed by atoms with E-state index < -0.39 is 6.04 Å². The predicted molar refractivity (Wildman–Crippen MR) is 110 cm³/mol. The highest BCUT2D eigenvalue weighted by Crippen LogP contribution is 2.17. The van der Waals surface area contributed by atoms with Crippen molar-refractivity contribution in [3.63, 3.8) is 0 Å². The lowest BCUT2D eigenvalue weighted by molar-refractivity contribution is -0.123. The van der Waals surface area contributed by atoms with Gasteiger partial charge in [-0.05, 0) is 37.0 Å². The highest BCUT2D eigenvalue weighted by Gasteiger charge is 2.23. The van der Waals surface area contributed by atoms with Gasteiger partial charge in [0.05, 0.1) is 6.04 Å². The van der Waals surface area contributed by atoms with E-state index in [0.717, 1.165) is 37.3 Å². The molecular weight excluding hydrogens is 371 g/mol. The number of aromatic nitrogens is 1. The van der Waals surface area contributed by atoms with Crippen molar-refractivity contribution in [2.45, 2.75) is 31.3 Å². The molecule has 1 aromatic heterocycles. The first kappa shape index (κ1) is 22.2. The van der Waals surface area contributed by atoms with Crippen molar-refractivity contribution < 1.29 is 4.79 Å². The molecule has 26 heavy (non-hydrogen) atoms. The molecule has 0 spiro atoms. The van der Waals surface area contributed by atoms with Crippen LogP contribution in [0.2, 0.25) is 0 Å². The van der Waals surface area contributed by atoms with E-state index in [2.05, 4.69) is 15.2 Å². The van der Waals surface area contributed by atoms with Gasteiger partial charge in [-0.2, -0.15) is 0 Å². The molecule has 3 N–H and O–H groups in total. The molecule has 0 radical (unpaired) electrons. The average Bonchev–Trinajstić information content (AvgIpc) is 2.64. The number of hydrogen-bond donors (Lipinski definition) is 2. The van der Waals surface area contributed by atoms with Gasteiger partial charge in [0.2, 0.25) is 5.91 Å². The molecule has 2 heterocycles. The van der Waals surface area contributed by atoms with Crippen LogP contribution >= 0.6 is 24.8 Å². The van der Waals surface area contributed by atoms with Gasteiger partial charge < -0.3 is 16.0 Å². The van der Waals surface area contributed by atoms with Crippen LogP contribution in [0.15, 0.2) is 54.7 Å². The Hall–Kier alpha value is -1.82. The smallest absolute Gasteiger partial charge is 0.237 e. The van der Waals surface area contributed by atoms with Crippen molar-refractivity contribution in [1.82, 2.24) is 10.3 Å². The monoisotopic (exact) mass is 396 g/mol. The molecule has 0 bridgehead atoms. The quantitative estimate of drug-likeness (QED) is 0.814. The third-order valence-corrected chi connectivity index (χ3v) is 4.45. The third-order valence-electron chi connectivity index (χ3n) is 4.45. The molecule has 3 rings (SSSR count). The molecule has 0 saturated carbocycles. The van der Waals surface area contributed by atoms with E-state index in [-0.39, 0.29) is 36.8 Å². The molecule has 1 fully saturated rings. The number of nitrogens with zero attached hydrogens (tertiary/aromatic N) is 2. The normalized spacial score (nSPS) is 15.3. The molecule has 1 saturated heterocycles. The molecule has 1 aliphatic heterocycles. The van der Waals surface area contributed by atoms with Crippen molar-refractivity contribution in [3.05, 3.63) is 60.3 Å². The van der Waals surface area contributed by atoms with E-state index in [1.165, 1.54) is 0 Å². The first-order valence-corrected chi connectivity index (χ1v) is 8.48. The number of carbonyl (C=O) groups is 1. The van der Waals surface area contributed by atoms with Gasteiger partial charge in [-0.3, -0.25) is 4.79 Å². The minimum absolute atomic E-state index is 0. The van der Waals surface area contributed by atoms with Crippen molar-refractivity contribution in [3.8, 4) is 0 Å². The summed E-state index contributed by atoms with van der Waals surface area (Å²) in [6.07, 6.45) is 4.21. The Kier molecular flexibility index (Phi) is 9.41. The maximum absolute atomic E-state index is 12.3. The van der Waals surface area contributed by atoms with Crippen LogP contribution in [0.25, 0.3) is 0 Å². The van der Waals surface area contributed by atoms with E-state index in [1.54, 1.807) is 0 Å². The largest absolute Gasteiger partial charge is 0.356 e. The van der Waals surface area contributed by atoms with Crippen LogP contribution in [0.5, 0.6) is 0 Å².